The number of ether oxygens (including phenoxy) is 1. The molecule has 192 valence electrons. The number of aldehydes is 4. The Hall–Kier alpha value is -4.08. The van der Waals surface area contributed by atoms with Crippen molar-refractivity contribution >= 4 is 25.1 Å². The van der Waals surface area contributed by atoms with E-state index in [1.165, 1.54) is 0 Å². The highest BCUT2D eigenvalue weighted by Gasteiger charge is 2.47. The van der Waals surface area contributed by atoms with Crippen molar-refractivity contribution in [2.75, 3.05) is 0 Å². The second-order valence-electron chi connectivity index (χ2n) is 9.62. The van der Waals surface area contributed by atoms with E-state index in [2.05, 4.69) is 0 Å². The fourth-order valence-electron chi connectivity index (χ4n) is 5.18. The third-order valence-electron chi connectivity index (χ3n) is 6.72. The van der Waals surface area contributed by atoms with Crippen molar-refractivity contribution in [1.82, 2.24) is 0 Å². The lowest BCUT2D eigenvalue weighted by molar-refractivity contribution is 0.0499. The number of phenolic OH excluding ortho intramolecular Hbond substituents is 5. The van der Waals surface area contributed by atoms with Gasteiger partial charge in [0.05, 0.1) is 27.8 Å². The van der Waals surface area contributed by atoms with Crippen LogP contribution in [0.1, 0.15) is 98.7 Å². The van der Waals surface area contributed by atoms with Gasteiger partial charge in [0.25, 0.3) is 0 Å². The number of carbonyl (C=O) groups is 4. The van der Waals surface area contributed by atoms with Gasteiger partial charge in [0.1, 0.15) is 40.6 Å². The minimum atomic E-state index is -1.29. The predicted octanol–water partition coefficient (Wildman–Crippen LogP) is 4.00. The summed E-state index contributed by atoms with van der Waals surface area (Å²) in [5, 5.41) is 53.5. The van der Waals surface area contributed by atoms with Gasteiger partial charge < -0.3 is 30.3 Å². The van der Waals surface area contributed by atoms with E-state index in [1.54, 1.807) is 0 Å². The quantitative estimate of drug-likeness (QED) is 0.333. The van der Waals surface area contributed by atoms with Crippen molar-refractivity contribution in [2.24, 2.45) is 17.8 Å². The van der Waals surface area contributed by atoms with Crippen LogP contribution >= 0.6 is 0 Å². The second kappa shape index (κ2) is 9.88. The van der Waals surface area contributed by atoms with E-state index in [1.807, 2.05) is 27.7 Å². The second-order valence-corrected chi connectivity index (χ2v) is 9.62. The molecule has 0 amide bonds. The summed E-state index contributed by atoms with van der Waals surface area (Å²) in [5.74, 6) is -5.68. The Balaban J connectivity index is 2.49. The largest absolute Gasteiger partial charge is 0.507 e. The molecule has 0 radical (unpaired) electrons. The van der Waals surface area contributed by atoms with E-state index in [9.17, 15) is 44.7 Å². The number of fused-ring (bicyclic) bond motifs is 1. The summed E-state index contributed by atoms with van der Waals surface area (Å²) in [7, 11) is 0. The molecule has 1 aliphatic heterocycles. The molecule has 0 unspecified atom stereocenters. The summed E-state index contributed by atoms with van der Waals surface area (Å²) in [6, 6.07) is 0. The molecule has 10 heteroatoms. The van der Waals surface area contributed by atoms with Crippen LogP contribution in [-0.4, -0.2) is 50.7 Å². The molecule has 2 aromatic carbocycles. The predicted molar refractivity (Wildman–Crippen MR) is 127 cm³/mol. The van der Waals surface area contributed by atoms with Gasteiger partial charge in [0, 0.05) is 11.5 Å². The van der Waals surface area contributed by atoms with Gasteiger partial charge in [-0.25, -0.2) is 0 Å². The summed E-state index contributed by atoms with van der Waals surface area (Å²) in [6.45, 7) is 7.44. The van der Waals surface area contributed by atoms with Crippen LogP contribution in [0.2, 0.25) is 0 Å². The molecule has 0 spiro atoms. The van der Waals surface area contributed by atoms with Crippen molar-refractivity contribution in [1.29, 1.82) is 0 Å². The molecule has 36 heavy (non-hydrogen) atoms. The monoisotopic (exact) mass is 500 g/mol. The van der Waals surface area contributed by atoms with Gasteiger partial charge in [-0.3, -0.25) is 19.2 Å². The minimum Gasteiger partial charge on any atom is -0.507 e. The van der Waals surface area contributed by atoms with Gasteiger partial charge in [0.15, 0.2) is 25.1 Å². The molecule has 10 nitrogen and oxygen atoms in total. The van der Waals surface area contributed by atoms with Gasteiger partial charge >= 0.3 is 0 Å². The Labute approximate surface area is 206 Å². The lowest BCUT2D eigenvalue weighted by atomic mass is 9.68. The van der Waals surface area contributed by atoms with Gasteiger partial charge in [-0.1, -0.05) is 27.7 Å². The molecule has 5 N–H and O–H groups in total. The first-order chi connectivity index (χ1) is 17.0. The zero-order chi connectivity index (χ0) is 27.1. The molecule has 3 atom stereocenters. The Morgan fingerprint density at radius 3 is 1.47 bits per heavy atom. The first kappa shape index (κ1) is 26.5. The number of aromatic hydroxyl groups is 5. The molecular weight excluding hydrogens is 472 g/mol. The third kappa shape index (κ3) is 3.92. The van der Waals surface area contributed by atoms with Crippen LogP contribution in [0.15, 0.2) is 0 Å². The van der Waals surface area contributed by atoms with Crippen LogP contribution < -0.4 is 4.74 Å². The van der Waals surface area contributed by atoms with Crippen molar-refractivity contribution in [3.05, 3.63) is 33.4 Å². The average molecular weight is 501 g/mol. The number of benzene rings is 2. The number of phenols is 5. The maximum atomic E-state index is 12.0. The molecular formula is C26H28O10. The maximum absolute atomic E-state index is 12.0. The van der Waals surface area contributed by atoms with Crippen LogP contribution in [-0.2, 0) is 0 Å². The van der Waals surface area contributed by atoms with Gasteiger partial charge in [0.2, 0.25) is 0 Å². The zero-order valence-electron chi connectivity index (χ0n) is 20.2. The highest BCUT2D eigenvalue weighted by molar-refractivity contribution is 5.96. The first-order valence-corrected chi connectivity index (χ1v) is 11.4. The molecule has 0 saturated heterocycles. The Bertz CT molecular complexity index is 1210. The SMILES string of the molecule is CC(C)C[C@H]1c2c(O)c(C=O)c(O)c(C=O)c2O[C@H](c2c(O)c(C=O)c(O)c(C=O)c2O)[C@H]1C(C)C. The van der Waals surface area contributed by atoms with E-state index >= 15 is 0 Å². The summed E-state index contributed by atoms with van der Waals surface area (Å²) in [6.07, 6.45) is -0.171. The Morgan fingerprint density at radius 2 is 1.08 bits per heavy atom. The lowest BCUT2D eigenvalue weighted by Gasteiger charge is -2.44. The molecule has 0 aromatic heterocycles. The highest BCUT2D eigenvalue weighted by Crippen LogP contribution is 2.59. The van der Waals surface area contributed by atoms with Gasteiger partial charge in [-0.2, -0.15) is 0 Å². The van der Waals surface area contributed by atoms with E-state index in [0.29, 0.717) is 6.42 Å². The highest BCUT2D eigenvalue weighted by atomic mass is 16.5. The van der Waals surface area contributed by atoms with E-state index < -0.39 is 68.9 Å². The summed E-state index contributed by atoms with van der Waals surface area (Å²) >= 11 is 0. The van der Waals surface area contributed by atoms with Crippen molar-refractivity contribution in [3.8, 4) is 34.5 Å². The standard InChI is InChI=1S/C26H28O10/c1-10(2)5-12-17(11(3)4)26(19-23(34)13(6-27)20(31)14(7-28)24(19)35)36-25-16(9-30)21(32)15(8-29)22(33)18(12)25/h6-12,17,26,31-35H,5H2,1-4H3/t12-,17+,26+/m1/s1. The van der Waals surface area contributed by atoms with Crippen LogP contribution in [0.4, 0.5) is 0 Å². The fourth-order valence-corrected chi connectivity index (χ4v) is 5.18. The van der Waals surface area contributed by atoms with E-state index in [0.717, 1.165) is 0 Å². The Kier molecular flexibility index (Phi) is 7.28. The Morgan fingerprint density at radius 1 is 0.667 bits per heavy atom. The molecule has 1 aliphatic rings. The van der Waals surface area contributed by atoms with Crippen LogP contribution in [0.25, 0.3) is 0 Å². The van der Waals surface area contributed by atoms with Crippen LogP contribution in [0, 0.1) is 17.8 Å². The van der Waals surface area contributed by atoms with Crippen LogP contribution in [0.5, 0.6) is 34.5 Å². The van der Waals surface area contributed by atoms with Gasteiger partial charge in [-0.05, 0) is 24.2 Å². The molecule has 0 aliphatic carbocycles. The summed E-state index contributed by atoms with van der Waals surface area (Å²) in [5.41, 5.74) is -2.43. The third-order valence-corrected chi connectivity index (χ3v) is 6.72. The molecule has 2 aromatic rings. The summed E-state index contributed by atoms with van der Waals surface area (Å²) < 4.78 is 6.09. The van der Waals surface area contributed by atoms with Crippen molar-refractivity contribution in [2.45, 2.75) is 46.1 Å². The molecule has 3 rings (SSSR count). The van der Waals surface area contributed by atoms with E-state index in [4.69, 9.17) is 4.74 Å². The summed E-state index contributed by atoms with van der Waals surface area (Å²) in [4.78, 5) is 46.9. The molecule has 1 heterocycles. The topological polar surface area (TPSA) is 179 Å². The lowest BCUT2D eigenvalue weighted by Crippen LogP contribution is -2.35. The normalized spacial score (nSPS) is 19.0. The molecule has 0 fully saturated rings. The smallest absolute Gasteiger partial charge is 0.157 e. The zero-order valence-corrected chi connectivity index (χ0v) is 20.2. The minimum absolute atomic E-state index is 0.0218. The number of carbonyl (C=O) groups excluding carboxylic acids is 4. The van der Waals surface area contributed by atoms with Crippen LogP contribution in [0.3, 0.4) is 0 Å². The average Bonchev–Trinajstić information content (AvgIpc) is 2.79. The maximum Gasteiger partial charge on any atom is 0.157 e. The van der Waals surface area contributed by atoms with E-state index in [-0.39, 0.29) is 53.9 Å². The number of rotatable bonds is 8. The molecule has 0 saturated carbocycles. The van der Waals surface area contributed by atoms with Crippen molar-refractivity contribution < 1.29 is 49.4 Å². The van der Waals surface area contributed by atoms with Crippen molar-refractivity contribution in [3.63, 3.8) is 0 Å². The van der Waals surface area contributed by atoms with Gasteiger partial charge in [-0.15, -0.1) is 0 Å². The number of hydrogen-bond acceptors (Lipinski definition) is 10. The fraction of sp³-hybridized carbons (Fsp3) is 0.385. The number of hydrogen-bond donors (Lipinski definition) is 5. The molecule has 0 bridgehead atoms. The first-order valence-electron chi connectivity index (χ1n) is 11.4.